The maximum absolute atomic E-state index is 5.98. The molecule has 2 aromatic rings. The zero-order chi connectivity index (χ0) is 13.7. The molecule has 0 atom stereocenters. The predicted molar refractivity (Wildman–Crippen MR) is 80.6 cm³/mol. The molecule has 100 valence electrons. The highest BCUT2D eigenvalue weighted by atomic mass is 32.2. The third kappa shape index (κ3) is 3.89. The van der Waals surface area contributed by atoms with E-state index in [1.54, 1.807) is 11.8 Å². The van der Waals surface area contributed by atoms with Crippen LogP contribution in [0.15, 0.2) is 41.3 Å². The van der Waals surface area contributed by atoms with E-state index < -0.39 is 0 Å². The van der Waals surface area contributed by atoms with Crippen LogP contribution in [0, 0.1) is 6.92 Å². The van der Waals surface area contributed by atoms with Crippen molar-refractivity contribution in [2.24, 2.45) is 0 Å². The van der Waals surface area contributed by atoms with Crippen LogP contribution in [-0.4, -0.2) is 11.6 Å². The second-order valence-corrected chi connectivity index (χ2v) is 5.21. The molecule has 0 unspecified atom stereocenters. The number of nitrogen functional groups attached to an aromatic ring is 1. The van der Waals surface area contributed by atoms with Gasteiger partial charge in [0.05, 0.1) is 12.3 Å². The van der Waals surface area contributed by atoms with Crippen molar-refractivity contribution >= 4 is 17.4 Å². The van der Waals surface area contributed by atoms with Gasteiger partial charge < -0.3 is 10.5 Å². The number of nitrogens with two attached hydrogens (primary N) is 1. The average Bonchev–Trinajstić information content (AvgIpc) is 2.40. The van der Waals surface area contributed by atoms with Gasteiger partial charge in [0.15, 0.2) is 0 Å². The van der Waals surface area contributed by atoms with Gasteiger partial charge in [-0.3, -0.25) is 4.98 Å². The monoisotopic (exact) mass is 274 g/mol. The van der Waals surface area contributed by atoms with Crippen molar-refractivity contribution in [1.29, 1.82) is 0 Å². The third-order valence-corrected chi connectivity index (χ3v) is 3.72. The summed E-state index contributed by atoms with van der Waals surface area (Å²) in [5, 5.41) is 0. The quantitative estimate of drug-likeness (QED) is 0.667. The first kappa shape index (κ1) is 13.7. The van der Waals surface area contributed by atoms with Crippen molar-refractivity contribution in [2.45, 2.75) is 24.5 Å². The molecule has 0 saturated heterocycles. The van der Waals surface area contributed by atoms with E-state index in [-0.39, 0.29) is 0 Å². The average molecular weight is 274 g/mol. The topological polar surface area (TPSA) is 48.1 Å². The van der Waals surface area contributed by atoms with Crippen LogP contribution in [0.5, 0.6) is 5.75 Å². The van der Waals surface area contributed by atoms with Crippen molar-refractivity contribution in [3.05, 3.63) is 47.8 Å². The molecule has 0 aliphatic rings. The summed E-state index contributed by atoms with van der Waals surface area (Å²) in [6.45, 7) is 4.63. The Balaban J connectivity index is 2.08. The second kappa shape index (κ2) is 6.48. The SMILES string of the molecule is CCOc1ccc(N)c(SCc2cccc(C)n2)c1. The number of hydrogen-bond acceptors (Lipinski definition) is 4. The van der Waals surface area contributed by atoms with Crippen molar-refractivity contribution in [3.63, 3.8) is 0 Å². The number of thioether (sulfide) groups is 1. The van der Waals surface area contributed by atoms with Gasteiger partial charge in [-0.15, -0.1) is 11.8 Å². The molecule has 2 N–H and O–H groups in total. The molecule has 0 bridgehead atoms. The van der Waals surface area contributed by atoms with Crippen molar-refractivity contribution < 1.29 is 4.74 Å². The summed E-state index contributed by atoms with van der Waals surface area (Å²) in [5.74, 6) is 1.66. The first-order valence-electron chi connectivity index (χ1n) is 6.26. The molecule has 1 aromatic carbocycles. The van der Waals surface area contributed by atoms with Gasteiger partial charge in [-0.05, 0) is 44.2 Å². The van der Waals surface area contributed by atoms with Crippen LogP contribution < -0.4 is 10.5 Å². The lowest BCUT2D eigenvalue weighted by atomic mass is 10.3. The van der Waals surface area contributed by atoms with E-state index in [2.05, 4.69) is 4.98 Å². The number of aryl methyl sites for hydroxylation is 1. The van der Waals surface area contributed by atoms with E-state index in [0.29, 0.717) is 6.61 Å². The molecule has 0 amide bonds. The Hall–Kier alpha value is -1.68. The molecule has 0 saturated carbocycles. The summed E-state index contributed by atoms with van der Waals surface area (Å²) >= 11 is 1.68. The van der Waals surface area contributed by atoms with Crippen LogP contribution in [-0.2, 0) is 5.75 Å². The number of aromatic nitrogens is 1. The first-order valence-corrected chi connectivity index (χ1v) is 7.25. The summed E-state index contributed by atoms with van der Waals surface area (Å²) in [4.78, 5) is 5.52. The number of nitrogens with zero attached hydrogens (tertiary/aromatic N) is 1. The maximum Gasteiger partial charge on any atom is 0.120 e. The zero-order valence-corrected chi connectivity index (χ0v) is 12.0. The Morgan fingerprint density at radius 1 is 1.26 bits per heavy atom. The molecular formula is C15H18N2OS. The van der Waals surface area contributed by atoms with Crippen molar-refractivity contribution in [3.8, 4) is 5.75 Å². The molecule has 3 nitrogen and oxygen atoms in total. The summed E-state index contributed by atoms with van der Waals surface area (Å²) in [5.41, 5.74) is 8.86. The first-order chi connectivity index (χ1) is 9.19. The van der Waals surface area contributed by atoms with Gasteiger partial charge in [0.2, 0.25) is 0 Å². The number of pyridine rings is 1. The lowest BCUT2D eigenvalue weighted by Gasteiger charge is -2.09. The molecular weight excluding hydrogens is 256 g/mol. The molecule has 2 rings (SSSR count). The summed E-state index contributed by atoms with van der Waals surface area (Å²) in [6, 6.07) is 11.8. The van der Waals surface area contributed by atoms with Crippen LogP contribution >= 0.6 is 11.8 Å². The molecule has 0 radical (unpaired) electrons. The number of ether oxygens (including phenoxy) is 1. The lowest BCUT2D eigenvalue weighted by Crippen LogP contribution is -1.95. The summed E-state index contributed by atoms with van der Waals surface area (Å²) in [7, 11) is 0. The van der Waals surface area contributed by atoms with Crippen molar-refractivity contribution in [2.75, 3.05) is 12.3 Å². The molecule has 0 aliphatic carbocycles. The van der Waals surface area contributed by atoms with Crippen LogP contribution in [0.4, 0.5) is 5.69 Å². The lowest BCUT2D eigenvalue weighted by molar-refractivity contribution is 0.339. The highest BCUT2D eigenvalue weighted by molar-refractivity contribution is 7.98. The molecule has 0 spiro atoms. The zero-order valence-electron chi connectivity index (χ0n) is 11.2. The Kier molecular flexibility index (Phi) is 4.68. The largest absolute Gasteiger partial charge is 0.494 e. The summed E-state index contributed by atoms with van der Waals surface area (Å²) < 4.78 is 5.49. The Morgan fingerprint density at radius 2 is 2.11 bits per heavy atom. The normalized spacial score (nSPS) is 10.4. The fourth-order valence-corrected chi connectivity index (χ4v) is 2.63. The van der Waals surface area contributed by atoms with Gasteiger partial charge in [-0.1, -0.05) is 6.07 Å². The Morgan fingerprint density at radius 3 is 2.84 bits per heavy atom. The van der Waals surface area contributed by atoms with E-state index in [9.17, 15) is 0 Å². The van der Waals surface area contributed by atoms with E-state index in [1.807, 2.05) is 50.2 Å². The molecule has 0 fully saturated rings. The maximum atomic E-state index is 5.98. The third-order valence-electron chi connectivity index (χ3n) is 2.62. The fourth-order valence-electron chi connectivity index (χ4n) is 1.73. The minimum atomic E-state index is 0.660. The minimum Gasteiger partial charge on any atom is -0.494 e. The van der Waals surface area contributed by atoms with Gasteiger partial charge in [0.25, 0.3) is 0 Å². The van der Waals surface area contributed by atoms with E-state index in [4.69, 9.17) is 10.5 Å². The van der Waals surface area contributed by atoms with Gasteiger partial charge in [-0.25, -0.2) is 0 Å². The second-order valence-electron chi connectivity index (χ2n) is 4.19. The van der Waals surface area contributed by atoms with Gasteiger partial charge >= 0.3 is 0 Å². The smallest absolute Gasteiger partial charge is 0.120 e. The minimum absolute atomic E-state index is 0.660. The summed E-state index contributed by atoms with van der Waals surface area (Å²) in [6.07, 6.45) is 0. The molecule has 0 aliphatic heterocycles. The number of hydrogen-bond donors (Lipinski definition) is 1. The Labute approximate surface area is 118 Å². The van der Waals surface area contributed by atoms with E-state index in [1.165, 1.54) is 0 Å². The van der Waals surface area contributed by atoms with Gasteiger partial charge in [0, 0.05) is 22.0 Å². The molecule has 19 heavy (non-hydrogen) atoms. The standard InChI is InChI=1S/C15H18N2OS/c1-3-18-13-7-8-14(16)15(9-13)19-10-12-6-4-5-11(2)17-12/h4-9H,3,10,16H2,1-2H3. The van der Waals surface area contributed by atoms with Gasteiger partial charge in [-0.2, -0.15) is 0 Å². The van der Waals surface area contributed by atoms with Crippen LogP contribution in [0.2, 0.25) is 0 Å². The van der Waals surface area contributed by atoms with Crippen LogP contribution in [0.1, 0.15) is 18.3 Å². The molecule has 1 heterocycles. The van der Waals surface area contributed by atoms with E-state index >= 15 is 0 Å². The number of rotatable bonds is 5. The van der Waals surface area contributed by atoms with Crippen LogP contribution in [0.25, 0.3) is 0 Å². The van der Waals surface area contributed by atoms with Crippen molar-refractivity contribution in [1.82, 2.24) is 4.98 Å². The van der Waals surface area contributed by atoms with Crippen LogP contribution in [0.3, 0.4) is 0 Å². The predicted octanol–water partition coefficient (Wildman–Crippen LogP) is 3.66. The highest BCUT2D eigenvalue weighted by Crippen LogP contribution is 2.31. The Bertz CT molecular complexity index is 558. The van der Waals surface area contributed by atoms with E-state index in [0.717, 1.165) is 33.5 Å². The fraction of sp³-hybridized carbons (Fsp3) is 0.267. The molecule has 1 aromatic heterocycles. The number of anilines is 1. The molecule has 4 heteroatoms. The highest BCUT2D eigenvalue weighted by Gasteiger charge is 2.04. The number of benzene rings is 1. The van der Waals surface area contributed by atoms with Gasteiger partial charge in [0.1, 0.15) is 5.75 Å².